The smallest absolute Gasteiger partial charge is 0.244 e. The summed E-state index contributed by atoms with van der Waals surface area (Å²) in [5.41, 5.74) is 0.861. The molecule has 7 heteroatoms. The molecular formula is C16H27N5O2. The van der Waals surface area contributed by atoms with E-state index in [1.807, 2.05) is 25.1 Å². The van der Waals surface area contributed by atoms with E-state index in [1.54, 1.807) is 4.68 Å². The van der Waals surface area contributed by atoms with E-state index in [1.165, 1.54) is 6.42 Å². The number of nitrogens with one attached hydrogen (secondary N) is 1. The number of piperidine rings is 1. The number of carbonyl (C=O) groups is 1. The summed E-state index contributed by atoms with van der Waals surface area (Å²) >= 11 is 0. The fourth-order valence-electron chi connectivity index (χ4n) is 3.52. The van der Waals surface area contributed by atoms with Crippen LogP contribution in [0.25, 0.3) is 0 Å². The van der Waals surface area contributed by atoms with Gasteiger partial charge >= 0.3 is 0 Å². The van der Waals surface area contributed by atoms with Gasteiger partial charge in [-0.25, -0.2) is 4.68 Å². The van der Waals surface area contributed by atoms with Gasteiger partial charge < -0.3 is 15.0 Å². The van der Waals surface area contributed by atoms with Crippen molar-refractivity contribution in [3.8, 4) is 0 Å². The van der Waals surface area contributed by atoms with E-state index in [4.69, 9.17) is 4.74 Å². The lowest BCUT2D eigenvalue weighted by Crippen LogP contribution is -2.41. The van der Waals surface area contributed by atoms with Crippen molar-refractivity contribution < 1.29 is 9.53 Å². The first kappa shape index (κ1) is 16.4. The molecule has 2 fully saturated rings. The molecule has 2 atom stereocenters. The normalized spacial score (nSPS) is 24.1. The van der Waals surface area contributed by atoms with Gasteiger partial charge in [-0.2, -0.15) is 0 Å². The van der Waals surface area contributed by atoms with E-state index in [-0.39, 0.29) is 18.5 Å². The predicted octanol–water partition coefficient (Wildman–Crippen LogP) is 0.834. The Morgan fingerprint density at radius 1 is 1.39 bits per heavy atom. The lowest BCUT2D eigenvalue weighted by Gasteiger charge is -2.34. The Bertz CT molecular complexity index is 518. The van der Waals surface area contributed by atoms with Crippen LogP contribution in [0.5, 0.6) is 0 Å². The summed E-state index contributed by atoms with van der Waals surface area (Å²) < 4.78 is 7.13. The Morgan fingerprint density at radius 3 is 2.83 bits per heavy atom. The zero-order valence-corrected chi connectivity index (χ0v) is 14.1. The van der Waals surface area contributed by atoms with E-state index in [0.717, 1.165) is 50.8 Å². The molecule has 2 aliphatic rings. The molecule has 23 heavy (non-hydrogen) atoms. The minimum atomic E-state index is 0.139. The zero-order valence-electron chi connectivity index (χ0n) is 14.1. The average Bonchev–Trinajstić information content (AvgIpc) is 3.26. The van der Waals surface area contributed by atoms with Gasteiger partial charge in [-0.3, -0.25) is 4.79 Å². The first-order valence-electron chi connectivity index (χ1n) is 8.60. The molecule has 2 saturated heterocycles. The highest BCUT2D eigenvalue weighted by atomic mass is 16.5. The fraction of sp³-hybridized carbons (Fsp3) is 0.812. The van der Waals surface area contributed by atoms with Crippen molar-refractivity contribution in [2.45, 2.75) is 38.8 Å². The lowest BCUT2D eigenvalue weighted by molar-refractivity contribution is -0.133. The van der Waals surface area contributed by atoms with Crippen LogP contribution < -0.4 is 5.32 Å². The van der Waals surface area contributed by atoms with Crippen LogP contribution in [-0.4, -0.2) is 59.2 Å². The van der Waals surface area contributed by atoms with Gasteiger partial charge in [0.05, 0.1) is 11.9 Å². The van der Waals surface area contributed by atoms with Gasteiger partial charge in [0.2, 0.25) is 5.91 Å². The van der Waals surface area contributed by atoms with E-state index in [2.05, 4.69) is 15.6 Å². The summed E-state index contributed by atoms with van der Waals surface area (Å²) in [6.45, 7) is 5.82. The summed E-state index contributed by atoms with van der Waals surface area (Å²) in [6, 6.07) is 0.142. The SMILES string of the molecule is CNC(C)c1cn(CC(=O)N2CCC(C3CCOC3)CC2)nn1. The molecule has 1 N–H and O–H groups in total. The van der Waals surface area contributed by atoms with Crippen LogP contribution in [0.3, 0.4) is 0 Å². The standard InChI is InChI=1S/C16H27N5O2/c1-12(17-2)15-9-21(19-18-15)10-16(22)20-6-3-13(4-7-20)14-5-8-23-11-14/h9,12-14,17H,3-8,10-11H2,1-2H3. The number of aromatic nitrogens is 3. The molecule has 0 saturated carbocycles. The highest BCUT2D eigenvalue weighted by Gasteiger charge is 2.30. The molecular weight excluding hydrogens is 294 g/mol. The van der Waals surface area contributed by atoms with Crippen LogP contribution in [-0.2, 0) is 16.1 Å². The highest BCUT2D eigenvalue weighted by Crippen LogP contribution is 2.30. The van der Waals surface area contributed by atoms with Crippen LogP contribution >= 0.6 is 0 Å². The number of nitrogens with zero attached hydrogens (tertiary/aromatic N) is 4. The molecule has 7 nitrogen and oxygen atoms in total. The summed E-state index contributed by atoms with van der Waals surface area (Å²) in [7, 11) is 1.88. The summed E-state index contributed by atoms with van der Waals surface area (Å²) in [5, 5.41) is 11.3. The lowest BCUT2D eigenvalue weighted by atomic mass is 9.84. The molecule has 0 aromatic carbocycles. The topological polar surface area (TPSA) is 72.3 Å². The maximum Gasteiger partial charge on any atom is 0.244 e. The third-order valence-corrected chi connectivity index (χ3v) is 5.25. The van der Waals surface area contributed by atoms with Crippen LogP contribution in [0, 0.1) is 11.8 Å². The first-order chi connectivity index (χ1) is 11.2. The van der Waals surface area contributed by atoms with E-state index in [9.17, 15) is 4.79 Å². The Hall–Kier alpha value is -1.47. The minimum Gasteiger partial charge on any atom is -0.381 e. The molecule has 0 aliphatic carbocycles. The van der Waals surface area contributed by atoms with Gasteiger partial charge in [-0.1, -0.05) is 5.21 Å². The van der Waals surface area contributed by atoms with Crippen molar-refractivity contribution >= 4 is 5.91 Å². The van der Waals surface area contributed by atoms with Crippen LogP contribution in [0.15, 0.2) is 6.20 Å². The maximum absolute atomic E-state index is 12.4. The number of likely N-dealkylation sites (tertiary alicyclic amines) is 1. The third kappa shape index (κ3) is 3.90. The summed E-state index contributed by atoms with van der Waals surface area (Å²) in [4.78, 5) is 14.4. The van der Waals surface area contributed by atoms with Crippen molar-refractivity contribution in [2.24, 2.45) is 11.8 Å². The Kier molecular flexibility index (Phi) is 5.27. The molecule has 0 bridgehead atoms. The second kappa shape index (κ2) is 7.40. The van der Waals surface area contributed by atoms with E-state index in [0.29, 0.717) is 5.92 Å². The van der Waals surface area contributed by atoms with Crippen molar-refractivity contribution in [1.82, 2.24) is 25.2 Å². The first-order valence-corrected chi connectivity index (χ1v) is 8.60. The summed E-state index contributed by atoms with van der Waals surface area (Å²) in [5.74, 6) is 1.56. The van der Waals surface area contributed by atoms with Crippen LogP contribution in [0.1, 0.15) is 37.9 Å². The molecule has 1 aromatic heterocycles. The molecule has 0 radical (unpaired) electrons. The maximum atomic E-state index is 12.4. The van der Waals surface area contributed by atoms with Crippen LogP contribution in [0.4, 0.5) is 0 Å². The Labute approximate surface area is 137 Å². The number of rotatable bonds is 5. The predicted molar refractivity (Wildman–Crippen MR) is 85.7 cm³/mol. The average molecular weight is 321 g/mol. The van der Waals surface area contributed by atoms with Crippen LogP contribution in [0.2, 0.25) is 0 Å². The Balaban J connectivity index is 1.48. The van der Waals surface area contributed by atoms with Gasteiger partial charge in [-0.05, 0) is 45.1 Å². The van der Waals surface area contributed by atoms with Gasteiger partial charge in [0.25, 0.3) is 0 Å². The third-order valence-electron chi connectivity index (χ3n) is 5.25. The van der Waals surface area contributed by atoms with E-state index < -0.39 is 0 Å². The number of hydrogen-bond acceptors (Lipinski definition) is 5. The molecule has 3 heterocycles. The van der Waals surface area contributed by atoms with Gasteiger partial charge in [0.15, 0.2) is 0 Å². The Morgan fingerprint density at radius 2 is 2.17 bits per heavy atom. The summed E-state index contributed by atoms with van der Waals surface area (Å²) in [6.07, 6.45) is 5.23. The van der Waals surface area contributed by atoms with E-state index >= 15 is 0 Å². The molecule has 3 rings (SSSR count). The molecule has 128 valence electrons. The molecule has 0 spiro atoms. The minimum absolute atomic E-state index is 0.139. The number of carbonyl (C=O) groups excluding carboxylic acids is 1. The molecule has 1 amide bonds. The zero-order chi connectivity index (χ0) is 16.2. The largest absolute Gasteiger partial charge is 0.381 e. The molecule has 1 aromatic rings. The van der Waals surface area contributed by atoms with Crippen molar-refractivity contribution in [3.63, 3.8) is 0 Å². The van der Waals surface area contributed by atoms with Crippen molar-refractivity contribution in [1.29, 1.82) is 0 Å². The quantitative estimate of drug-likeness (QED) is 0.870. The fourth-order valence-corrected chi connectivity index (χ4v) is 3.52. The van der Waals surface area contributed by atoms with Gasteiger partial charge in [0.1, 0.15) is 6.54 Å². The molecule has 2 aliphatic heterocycles. The second-order valence-electron chi connectivity index (χ2n) is 6.69. The van der Waals surface area contributed by atoms with Crippen molar-refractivity contribution in [3.05, 3.63) is 11.9 Å². The molecule has 2 unspecified atom stereocenters. The number of ether oxygens (including phenoxy) is 1. The number of amides is 1. The van der Waals surface area contributed by atoms with Gasteiger partial charge in [-0.15, -0.1) is 5.10 Å². The van der Waals surface area contributed by atoms with Crippen molar-refractivity contribution in [2.75, 3.05) is 33.4 Å². The number of hydrogen-bond donors (Lipinski definition) is 1. The second-order valence-corrected chi connectivity index (χ2v) is 6.69. The monoisotopic (exact) mass is 321 g/mol. The van der Waals surface area contributed by atoms with Gasteiger partial charge in [0, 0.05) is 32.3 Å². The highest BCUT2D eigenvalue weighted by molar-refractivity contribution is 5.75.